The summed E-state index contributed by atoms with van der Waals surface area (Å²) in [4.78, 5) is 24.0. The first-order chi connectivity index (χ1) is 15.7. The van der Waals surface area contributed by atoms with Crippen LogP contribution in [0, 0.1) is 0 Å². The molecule has 0 aliphatic carbocycles. The molecule has 0 aromatic carbocycles. The number of carbonyl (C=O) groups excluding carboxylic acids is 2. The molecule has 0 N–H and O–H groups in total. The lowest BCUT2D eigenvalue weighted by Gasteiger charge is -2.04. The Morgan fingerprint density at radius 3 is 0.781 bits per heavy atom. The smallest absolute Gasteiger partial charge is 0.133 e. The highest BCUT2D eigenvalue weighted by molar-refractivity contribution is 5.85. The Labute approximate surface area is 202 Å². The lowest BCUT2D eigenvalue weighted by molar-refractivity contribution is -0.124. The van der Waals surface area contributed by atoms with Gasteiger partial charge in [-0.2, -0.15) is 0 Å². The lowest BCUT2D eigenvalue weighted by Crippen LogP contribution is -2.04. The third-order valence-electron chi connectivity index (χ3n) is 6.80. The van der Waals surface area contributed by atoms with E-state index in [0.29, 0.717) is 37.2 Å². The Hall–Kier alpha value is -0.660. The molecule has 0 bridgehead atoms. The Balaban J connectivity index is 3.30. The molecule has 0 aromatic rings. The molecule has 0 spiro atoms. The SMILES string of the molecule is CCCCCCCCCCCCCC(=O)CCC(=O)CCCCCCCCCCCCC. The van der Waals surface area contributed by atoms with Crippen molar-refractivity contribution in [2.24, 2.45) is 0 Å². The van der Waals surface area contributed by atoms with E-state index >= 15 is 0 Å². The number of unbranched alkanes of at least 4 members (excludes halogenated alkanes) is 20. The molecule has 0 heterocycles. The van der Waals surface area contributed by atoms with Crippen LogP contribution in [0.25, 0.3) is 0 Å². The van der Waals surface area contributed by atoms with Gasteiger partial charge in [0.25, 0.3) is 0 Å². The molecule has 0 aromatic heterocycles. The van der Waals surface area contributed by atoms with Crippen molar-refractivity contribution in [3.05, 3.63) is 0 Å². The summed E-state index contributed by atoms with van der Waals surface area (Å²) in [6, 6.07) is 0. The van der Waals surface area contributed by atoms with Crippen molar-refractivity contribution in [2.75, 3.05) is 0 Å². The zero-order valence-corrected chi connectivity index (χ0v) is 22.2. The lowest BCUT2D eigenvalue weighted by atomic mass is 10.0. The van der Waals surface area contributed by atoms with Gasteiger partial charge in [0.2, 0.25) is 0 Å². The fourth-order valence-corrected chi connectivity index (χ4v) is 4.50. The maximum atomic E-state index is 12.0. The maximum Gasteiger partial charge on any atom is 0.133 e. The molecule has 0 fully saturated rings. The molecule has 0 saturated carbocycles. The summed E-state index contributed by atoms with van der Waals surface area (Å²) in [7, 11) is 0. The van der Waals surface area contributed by atoms with Gasteiger partial charge in [-0.05, 0) is 12.8 Å². The molecule has 2 heteroatoms. The molecular weight excluding hydrogens is 392 g/mol. The van der Waals surface area contributed by atoms with Crippen LogP contribution in [0.4, 0.5) is 0 Å². The fourth-order valence-electron chi connectivity index (χ4n) is 4.50. The minimum Gasteiger partial charge on any atom is -0.300 e. The van der Waals surface area contributed by atoms with Crippen molar-refractivity contribution in [3.8, 4) is 0 Å². The van der Waals surface area contributed by atoms with Crippen molar-refractivity contribution in [2.45, 2.75) is 181 Å². The van der Waals surface area contributed by atoms with Crippen LogP contribution in [0.1, 0.15) is 181 Å². The number of hydrogen-bond donors (Lipinski definition) is 0. The molecule has 190 valence electrons. The Kier molecular flexibility index (Phi) is 26.0. The first-order valence-electron chi connectivity index (χ1n) is 14.7. The normalized spacial score (nSPS) is 11.2. The van der Waals surface area contributed by atoms with Gasteiger partial charge in [0.1, 0.15) is 11.6 Å². The van der Waals surface area contributed by atoms with Gasteiger partial charge in [0.15, 0.2) is 0 Å². The Bertz CT molecular complexity index is 364. The molecule has 0 amide bonds. The van der Waals surface area contributed by atoms with E-state index in [1.165, 1.54) is 128 Å². The third-order valence-corrected chi connectivity index (χ3v) is 6.80. The van der Waals surface area contributed by atoms with E-state index in [1.807, 2.05) is 0 Å². The second-order valence-electron chi connectivity index (χ2n) is 10.1. The molecule has 0 aliphatic rings. The van der Waals surface area contributed by atoms with Gasteiger partial charge < -0.3 is 0 Å². The van der Waals surface area contributed by atoms with Crippen LogP contribution in [0.15, 0.2) is 0 Å². The van der Waals surface area contributed by atoms with Gasteiger partial charge >= 0.3 is 0 Å². The molecular formula is C30H58O2. The summed E-state index contributed by atoms with van der Waals surface area (Å²) >= 11 is 0. The highest BCUT2D eigenvalue weighted by Crippen LogP contribution is 2.14. The number of ketones is 2. The summed E-state index contributed by atoms with van der Waals surface area (Å²) in [5.74, 6) is 0.599. The first-order valence-corrected chi connectivity index (χ1v) is 14.7. The van der Waals surface area contributed by atoms with Crippen LogP contribution in [0.5, 0.6) is 0 Å². The van der Waals surface area contributed by atoms with Gasteiger partial charge in [0, 0.05) is 25.7 Å². The summed E-state index contributed by atoms with van der Waals surface area (Å²) in [5.41, 5.74) is 0. The summed E-state index contributed by atoms with van der Waals surface area (Å²) < 4.78 is 0. The molecule has 2 nitrogen and oxygen atoms in total. The third kappa shape index (κ3) is 25.6. The molecule has 0 radical (unpaired) electrons. The Morgan fingerprint density at radius 1 is 0.312 bits per heavy atom. The van der Waals surface area contributed by atoms with E-state index < -0.39 is 0 Å². The first kappa shape index (κ1) is 31.3. The zero-order chi connectivity index (χ0) is 23.5. The maximum absolute atomic E-state index is 12.0. The van der Waals surface area contributed by atoms with Crippen molar-refractivity contribution in [3.63, 3.8) is 0 Å². The highest BCUT2D eigenvalue weighted by atomic mass is 16.1. The minimum atomic E-state index is 0.299. The van der Waals surface area contributed by atoms with Gasteiger partial charge in [-0.3, -0.25) is 9.59 Å². The number of carbonyl (C=O) groups is 2. The van der Waals surface area contributed by atoms with Crippen molar-refractivity contribution in [1.29, 1.82) is 0 Å². The van der Waals surface area contributed by atoms with Gasteiger partial charge in [-0.25, -0.2) is 0 Å². The van der Waals surface area contributed by atoms with Crippen LogP contribution >= 0.6 is 0 Å². The van der Waals surface area contributed by atoms with Crippen LogP contribution in [0.3, 0.4) is 0 Å². The molecule has 0 aliphatic heterocycles. The molecule has 0 rings (SSSR count). The Morgan fingerprint density at radius 2 is 0.531 bits per heavy atom. The van der Waals surface area contributed by atoms with Crippen molar-refractivity contribution in [1.82, 2.24) is 0 Å². The molecule has 0 atom stereocenters. The molecule has 0 saturated heterocycles. The second kappa shape index (κ2) is 26.6. The second-order valence-corrected chi connectivity index (χ2v) is 10.1. The highest BCUT2D eigenvalue weighted by Gasteiger charge is 2.07. The van der Waals surface area contributed by atoms with E-state index in [4.69, 9.17) is 0 Å². The van der Waals surface area contributed by atoms with Crippen LogP contribution < -0.4 is 0 Å². The van der Waals surface area contributed by atoms with E-state index in [1.54, 1.807) is 0 Å². The monoisotopic (exact) mass is 450 g/mol. The minimum absolute atomic E-state index is 0.299. The average Bonchev–Trinajstić information content (AvgIpc) is 2.79. The number of hydrogen-bond acceptors (Lipinski definition) is 2. The predicted octanol–water partition coefficient (Wildman–Crippen LogP) is 10.3. The van der Waals surface area contributed by atoms with Crippen molar-refractivity contribution >= 4 is 11.6 Å². The summed E-state index contributed by atoms with van der Waals surface area (Å²) in [6.45, 7) is 4.53. The summed E-state index contributed by atoms with van der Waals surface area (Å²) in [6.07, 6.45) is 31.2. The number of Topliss-reactive ketones (excluding diaryl/α,β-unsaturated/α-hetero) is 2. The van der Waals surface area contributed by atoms with Crippen LogP contribution in [0.2, 0.25) is 0 Å². The van der Waals surface area contributed by atoms with E-state index in [0.717, 1.165) is 12.8 Å². The van der Waals surface area contributed by atoms with E-state index in [9.17, 15) is 9.59 Å². The standard InChI is InChI=1S/C30H58O2/c1-3-5-7-9-11-13-15-17-19-21-23-25-29(31)27-28-30(32)26-24-22-20-18-16-14-12-10-8-6-4-2/h3-28H2,1-2H3. The largest absolute Gasteiger partial charge is 0.300 e. The quantitative estimate of drug-likeness (QED) is 0.117. The number of rotatable bonds is 27. The van der Waals surface area contributed by atoms with Gasteiger partial charge in [0.05, 0.1) is 0 Å². The zero-order valence-electron chi connectivity index (χ0n) is 22.2. The fraction of sp³-hybridized carbons (Fsp3) is 0.933. The van der Waals surface area contributed by atoms with E-state index in [-0.39, 0.29) is 0 Å². The van der Waals surface area contributed by atoms with Gasteiger partial charge in [-0.15, -0.1) is 0 Å². The van der Waals surface area contributed by atoms with E-state index in [2.05, 4.69) is 13.8 Å². The van der Waals surface area contributed by atoms with Crippen LogP contribution in [-0.4, -0.2) is 11.6 Å². The van der Waals surface area contributed by atoms with Gasteiger partial charge in [-0.1, -0.05) is 142 Å². The average molecular weight is 451 g/mol. The van der Waals surface area contributed by atoms with Crippen LogP contribution in [-0.2, 0) is 9.59 Å². The summed E-state index contributed by atoms with van der Waals surface area (Å²) in [5, 5.41) is 0. The van der Waals surface area contributed by atoms with Crippen molar-refractivity contribution < 1.29 is 9.59 Å². The predicted molar refractivity (Wildman–Crippen MR) is 141 cm³/mol. The molecule has 0 unspecified atom stereocenters. The molecule has 32 heavy (non-hydrogen) atoms. The topological polar surface area (TPSA) is 34.1 Å².